The summed E-state index contributed by atoms with van der Waals surface area (Å²) in [5, 5.41) is 0. The highest BCUT2D eigenvalue weighted by Gasteiger charge is 2.33. The maximum Gasteiger partial charge on any atom is 0.357 e. The molecule has 2 aliphatic rings. The zero-order chi connectivity index (χ0) is 12.8. The fourth-order valence-corrected chi connectivity index (χ4v) is 2.66. The summed E-state index contributed by atoms with van der Waals surface area (Å²) in [7, 11) is 0. The number of nitrogens with one attached hydrogen (secondary N) is 1. The third kappa shape index (κ3) is 1.75. The molecule has 0 spiro atoms. The van der Waals surface area contributed by atoms with Crippen molar-refractivity contribution in [2.75, 3.05) is 0 Å². The number of allylic oxidation sites excluding steroid dienone is 2. The SMILES string of the molecule is CC1(C)NOC(=O)c2ccc(C3=CCCC3)cc21. The van der Waals surface area contributed by atoms with Gasteiger partial charge in [-0.2, -0.15) is 0 Å². The van der Waals surface area contributed by atoms with Crippen LogP contribution in [0.5, 0.6) is 0 Å². The van der Waals surface area contributed by atoms with Crippen LogP contribution >= 0.6 is 0 Å². The second-order valence-electron chi connectivity index (χ2n) is 5.50. The van der Waals surface area contributed by atoms with Crippen LogP contribution < -0.4 is 5.48 Å². The monoisotopic (exact) mass is 243 g/mol. The smallest absolute Gasteiger partial charge is 0.357 e. The fraction of sp³-hybridized carbons (Fsp3) is 0.400. The molecule has 1 aliphatic carbocycles. The van der Waals surface area contributed by atoms with Gasteiger partial charge in [0.15, 0.2) is 0 Å². The lowest BCUT2D eigenvalue weighted by atomic mass is 9.87. The van der Waals surface area contributed by atoms with Gasteiger partial charge in [-0.05, 0) is 61.9 Å². The Labute approximate surface area is 107 Å². The summed E-state index contributed by atoms with van der Waals surface area (Å²) in [6.45, 7) is 4.04. The Bertz CT molecular complexity index is 543. The molecule has 0 unspecified atom stereocenters. The number of hydrogen-bond acceptors (Lipinski definition) is 3. The molecule has 1 aliphatic heterocycles. The summed E-state index contributed by atoms with van der Waals surface area (Å²) in [6, 6.07) is 6.04. The molecule has 3 nitrogen and oxygen atoms in total. The molecular weight excluding hydrogens is 226 g/mol. The largest absolute Gasteiger partial charge is 0.366 e. The molecule has 0 aromatic heterocycles. The van der Waals surface area contributed by atoms with Crippen molar-refractivity contribution in [3.8, 4) is 0 Å². The van der Waals surface area contributed by atoms with Gasteiger partial charge in [0.2, 0.25) is 0 Å². The Hall–Kier alpha value is -1.61. The third-order valence-electron chi connectivity index (χ3n) is 3.72. The quantitative estimate of drug-likeness (QED) is 0.823. The van der Waals surface area contributed by atoms with E-state index in [9.17, 15) is 4.79 Å². The van der Waals surface area contributed by atoms with E-state index in [2.05, 4.69) is 17.6 Å². The molecule has 3 rings (SSSR count). The maximum atomic E-state index is 11.7. The number of hydrogen-bond donors (Lipinski definition) is 1. The Kier molecular flexibility index (Phi) is 2.52. The first-order valence-electron chi connectivity index (χ1n) is 6.40. The molecule has 1 aromatic carbocycles. The number of fused-ring (bicyclic) bond motifs is 1. The van der Waals surface area contributed by atoms with E-state index in [1.807, 2.05) is 26.0 Å². The summed E-state index contributed by atoms with van der Waals surface area (Å²) in [5.74, 6) is -0.295. The molecule has 3 heteroatoms. The standard InChI is InChI=1S/C15H17NO2/c1-15(2)13-9-11(10-5-3-4-6-10)7-8-12(13)14(17)18-16-15/h5,7-9,16H,3-4,6H2,1-2H3. The molecule has 0 fully saturated rings. The van der Waals surface area contributed by atoms with Gasteiger partial charge in [-0.15, -0.1) is 5.48 Å². The molecule has 0 saturated heterocycles. The zero-order valence-corrected chi connectivity index (χ0v) is 10.7. The normalized spacial score (nSPS) is 21.2. The van der Waals surface area contributed by atoms with Crippen LogP contribution in [0.4, 0.5) is 0 Å². The van der Waals surface area contributed by atoms with Crippen molar-refractivity contribution < 1.29 is 9.63 Å². The summed E-state index contributed by atoms with van der Waals surface area (Å²) in [6.07, 6.45) is 5.83. The van der Waals surface area contributed by atoms with Gasteiger partial charge in [0.05, 0.1) is 11.1 Å². The first-order chi connectivity index (χ1) is 8.58. The molecule has 0 radical (unpaired) electrons. The van der Waals surface area contributed by atoms with E-state index in [1.54, 1.807) is 0 Å². The molecule has 0 bridgehead atoms. The Morgan fingerprint density at radius 2 is 2.17 bits per heavy atom. The Morgan fingerprint density at radius 3 is 2.89 bits per heavy atom. The van der Waals surface area contributed by atoms with Crippen LogP contribution in [-0.4, -0.2) is 5.97 Å². The van der Waals surface area contributed by atoms with E-state index in [0.29, 0.717) is 5.56 Å². The zero-order valence-electron chi connectivity index (χ0n) is 10.7. The van der Waals surface area contributed by atoms with Crippen LogP contribution in [0.15, 0.2) is 24.3 Å². The van der Waals surface area contributed by atoms with E-state index in [4.69, 9.17) is 4.84 Å². The average Bonchev–Trinajstić information content (AvgIpc) is 2.88. The van der Waals surface area contributed by atoms with E-state index in [0.717, 1.165) is 18.4 Å². The van der Waals surface area contributed by atoms with Crippen LogP contribution in [0.3, 0.4) is 0 Å². The van der Waals surface area contributed by atoms with Crippen molar-refractivity contribution in [2.45, 2.75) is 38.6 Å². The first-order valence-corrected chi connectivity index (χ1v) is 6.40. The van der Waals surface area contributed by atoms with Gasteiger partial charge in [0.25, 0.3) is 0 Å². The van der Waals surface area contributed by atoms with Gasteiger partial charge in [-0.3, -0.25) is 0 Å². The minimum Gasteiger partial charge on any atom is -0.366 e. The van der Waals surface area contributed by atoms with E-state index in [1.165, 1.54) is 17.6 Å². The summed E-state index contributed by atoms with van der Waals surface area (Å²) in [5.41, 5.74) is 6.79. The minimum atomic E-state index is -0.335. The van der Waals surface area contributed by atoms with Gasteiger partial charge in [0.1, 0.15) is 0 Å². The summed E-state index contributed by atoms with van der Waals surface area (Å²) in [4.78, 5) is 16.7. The maximum absolute atomic E-state index is 11.7. The van der Waals surface area contributed by atoms with E-state index in [-0.39, 0.29) is 11.5 Å². The van der Waals surface area contributed by atoms with Crippen LogP contribution in [-0.2, 0) is 10.4 Å². The van der Waals surface area contributed by atoms with Crippen molar-refractivity contribution in [3.05, 3.63) is 41.0 Å². The number of rotatable bonds is 1. The first kappa shape index (κ1) is 11.5. The molecular formula is C15H17NO2. The fourth-order valence-electron chi connectivity index (χ4n) is 2.66. The van der Waals surface area contributed by atoms with Crippen LogP contribution in [0.1, 0.15) is 54.6 Å². The Balaban J connectivity index is 2.10. The molecule has 0 saturated carbocycles. The number of hydroxylamine groups is 1. The molecule has 0 atom stereocenters. The van der Waals surface area contributed by atoms with Crippen LogP contribution in [0.25, 0.3) is 5.57 Å². The number of benzene rings is 1. The lowest BCUT2D eigenvalue weighted by molar-refractivity contribution is -0.00803. The number of carbonyl (C=O) groups excluding carboxylic acids is 1. The third-order valence-corrected chi connectivity index (χ3v) is 3.72. The van der Waals surface area contributed by atoms with Crippen LogP contribution in [0, 0.1) is 0 Å². The Morgan fingerprint density at radius 1 is 1.33 bits per heavy atom. The topological polar surface area (TPSA) is 38.3 Å². The predicted octanol–water partition coefficient (Wildman–Crippen LogP) is 3.16. The van der Waals surface area contributed by atoms with Crippen LogP contribution in [0.2, 0.25) is 0 Å². The van der Waals surface area contributed by atoms with Gasteiger partial charge < -0.3 is 4.84 Å². The van der Waals surface area contributed by atoms with Crippen molar-refractivity contribution in [1.29, 1.82) is 0 Å². The van der Waals surface area contributed by atoms with Gasteiger partial charge in [-0.1, -0.05) is 12.1 Å². The van der Waals surface area contributed by atoms with Gasteiger partial charge in [0, 0.05) is 0 Å². The second-order valence-corrected chi connectivity index (χ2v) is 5.50. The van der Waals surface area contributed by atoms with Gasteiger partial charge in [-0.25, -0.2) is 4.79 Å². The molecule has 1 N–H and O–H groups in total. The highest BCUT2D eigenvalue weighted by molar-refractivity contribution is 5.93. The van der Waals surface area contributed by atoms with Crippen molar-refractivity contribution >= 4 is 11.5 Å². The summed E-state index contributed by atoms with van der Waals surface area (Å²) >= 11 is 0. The minimum absolute atomic E-state index is 0.295. The highest BCUT2D eigenvalue weighted by atomic mass is 16.7. The predicted molar refractivity (Wildman–Crippen MR) is 69.8 cm³/mol. The lowest BCUT2D eigenvalue weighted by Crippen LogP contribution is -2.43. The molecule has 0 amide bonds. The van der Waals surface area contributed by atoms with E-state index < -0.39 is 0 Å². The number of carbonyl (C=O) groups is 1. The lowest BCUT2D eigenvalue weighted by Gasteiger charge is -2.32. The molecule has 1 aromatic rings. The van der Waals surface area contributed by atoms with Crippen molar-refractivity contribution in [2.24, 2.45) is 0 Å². The van der Waals surface area contributed by atoms with E-state index >= 15 is 0 Å². The molecule has 18 heavy (non-hydrogen) atoms. The van der Waals surface area contributed by atoms with Gasteiger partial charge >= 0.3 is 5.97 Å². The average molecular weight is 243 g/mol. The molecule has 1 heterocycles. The summed E-state index contributed by atoms with van der Waals surface area (Å²) < 4.78 is 0. The van der Waals surface area contributed by atoms with Crippen molar-refractivity contribution in [3.63, 3.8) is 0 Å². The highest BCUT2D eigenvalue weighted by Crippen LogP contribution is 2.34. The second kappa shape index (κ2) is 3.95. The van der Waals surface area contributed by atoms with Crippen molar-refractivity contribution in [1.82, 2.24) is 5.48 Å². The molecule has 94 valence electrons.